The van der Waals surface area contributed by atoms with Gasteiger partial charge in [-0.25, -0.2) is 4.98 Å². The zero-order valence-corrected chi connectivity index (χ0v) is 11.2. The highest BCUT2D eigenvalue weighted by atomic mass is 35.5. The summed E-state index contributed by atoms with van der Waals surface area (Å²) in [4.78, 5) is 15.1. The van der Waals surface area contributed by atoms with Crippen molar-refractivity contribution in [1.82, 2.24) is 4.98 Å². The lowest BCUT2D eigenvalue weighted by Crippen LogP contribution is -2.03. The molecule has 0 aliphatic carbocycles. The third kappa shape index (κ3) is 2.96. The van der Waals surface area contributed by atoms with Gasteiger partial charge in [0.05, 0.1) is 4.88 Å². The Labute approximate surface area is 115 Å². The topological polar surface area (TPSA) is 30.0 Å². The molecule has 0 fully saturated rings. The average Bonchev–Trinajstić information content (AvgIpc) is 2.81. The number of rotatable bonds is 2. The Morgan fingerprint density at radius 1 is 1.37 bits per heavy atom. The standard InChI is InChI=1S/C12H7ClF3NOS/c1-6-2-3-7(4-8(6)13)10(18)9-5-17-11(19-9)12(14,15)16/h2-5H,1H3. The van der Waals surface area contributed by atoms with E-state index >= 15 is 0 Å². The monoisotopic (exact) mass is 305 g/mol. The van der Waals surface area contributed by atoms with Gasteiger partial charge in [0.15, 0.2) is 5.01 Å². The second-order valence-electron chi connectivity index (χ2n) is 3.82. The van der Waals surface area contributed by atoms with Crippen LogP contribution in [-0.2, 0) is 6.18 Å². The van der Waals surface area contributed by atoms with Crippen LogP contribution in [0.5, 0.6) is 0 Å². The van der Waals surface area contributed by atoms with Crippen LogP contribution in [0, 0.1) is 6.92 Å². The van der Waals surface area contributed by atoms with Gasteiger partial charge < -0.3 is 0 Å². The highest BCUT2D eigenvalue weighted by molar-refractivity contribution is 7.13. The third-order valence-corrected chi connectivity index (χ3v) is 3.85. The predicted octanol–water partition coefficient (Wildman–Crippen LogP) is 4.35. The van der Waals surface area contributed by atoms with E-state index in [4.69, 9.17) is 11.6 Å². The lowest BCUT2D eigenvalue weighted by molar-refractivity contribution is -0.137. The molecule has 0 saturated carbocycles. The molecule has 0 bridgehead atoms. The number of ketones is 1. The van der Waals surface area contributed by atoms with E-state index in [-0.39, 0.29) is 10.4 Å². The summed E-state index contributed by atoms with van der Waals surface area (Å²) in [7, 11) is 0. The fourth-order valence-electron chi connectivity index (χ4n) is 1.39. The van der Waals surface area contributed by atoms with E-state index in [0.717, 1.165) is 11.8 Å². The Balaban J connectivity index is 2.34. The zero-order chi connectivity index (χ0) is 14.2. The summed E-state index contributed by atoms with van der Waals surface area (Å²) in [5.74, 6) is -0.519. The number of nitrogens with zero attached hydrogens (tertiary/aromatic N) is 1. The van der Waals surface area contributed by atoms with Gasteiger partial charge in [-0.1, -0.05) is 23.7 Å². The van der Waals surface area contributed by atoms with Gasteiger partial charge in [0.1, 0.15) is 0 Å². The van der Waals surface area contributed by atoms with Crippen molar-refractivity contribution in [1.29, 1.82) is 0 Å². The molecule has 0 N–H and O–H groups in total. The molecular formula is C12H7ClF3NOS. The van der Waals surface area contributed by atoms with E-state index in [1.807, 2.05) is 0 Å². The minimum Gasteiger partial charge on any atom is -0.288 e. The Hall–Kier alpha value is -1.40. The van der Waals surface area contributed by atoms with Gasteiger partial charge in [0.25, 0.3) is 0 Å². The second kappa shape index (κ2) is 4.94. The first-order valence-corrected chi connectivity index (χ1v) is 6.32. The number of carbonyl (C=O) groups is 1. The van der Waals surface area contributed by atoms with Crippen molar-refractivity contribution in [3.8, 4) is 0 Å². The van der Waals surface area contributed by atoms with Crippen molar-refractivity contribution in [3.63, 3.8) is 0 Å². The van der Waals surface area contributed by atoms with Crippen LogP contribution in [0.3, 0.4) is 0 Å². The highest BCUT2D eigenvalue weighted by Gasteiger charge is 2.35. The summed E-state index contributed by atoms with van der Waals surface area (Å²) < 4.78 is 37.2. The molecular weight excluding hydrogens is 299 g/mol. The largest absolute Gasteiger partial charge is 0.443 e. The number of hydrogen-bond donors (Lipinski definition) is 0. The van der Waals surface area contributed by atoms with Gasteiger partial charge >= 0.3 is 6.18 Å². The second-order valence-corrected chi connectivity index (χ2v) is 5.26. The Morgan fingerprint density at radius 2 is 2.05 bits per heavy atom. The van der Waals surface area contributed by atoms with E-state index in [2.05, 4.69) is 4.98 Å². The number of halogens is 4. The number of alkyl halides is 3. The molecule has 19 heavy (non-hydrogen) atoms. The summed E-state index contributed by atoms with van der Waals surface area (Å²) in [5.41, 5.74) is 1.03. The van der Waals surface area contributed by atoms with Crippen molar-refractivity contribution >= 4 is 28.7 Å². The highest BCUT2D eigenvalue weighted by Crippen LogP contribution is 2.33. The summed E-state index contributed by atoms with van der Waals surface area (Å²) in [5, 5.41) is -0.638. The molecule has 0 radical (unpaired) electrons. The molecule has 0 amide bonds. The number of carbonyl (C=O) groups excluding carboxylic acids is 1. The lowest BCUT2D eigenvalue weighted by atomic mass is 10.1. The molecule has 1 aromatic carbocycles. The Bertz CT molecular complexity index is 636. The van der Waals surface area contributed by atoms with Crippen LogP contribution in [0.25, 0.3) is 0 Å². The van der Waals surface area contributed by atoms with Gasteiger partial charge in [-0.3, -0.25) is 4.79 Å². The van der Waals surface area contributed by atoms with E-state index in [1.165, 1.54) is 12.1 Å². The molecule has 7 heteroatoms. The van der Waals surface area contributed by atoms with Crippen LogP contribution in [0.4, 0.5) is 13.2 Å². The molecule has 0 atom stereocenters. The van der Waals surface area contributed by atoms with Crippen LogP contribution in [0.1, 0.15) is 25.8 Å². The number of aryl methyl sites for hydroxylation is 1. The summed E-state index contributed by atoms with van der Waals surface area (Å²) in [6.45, 7) is 1.77. The summed E-state index contributed by atoms with van der Waals surface area (Å²) in [6, 6.07) is 4.60. The smallest absolute Gasteiger partial charge is 0.288 e. The van der Waals surface area contributed by atoms with Gasteiger partial charge in [0.2, 0.25) is 5.78 Å². The van der Waals surface area contributed by atoms with Gasteiger partial charge in [-0.15, -0.1) is 11.3 Å². The van der Waals surface area contributed by atoms with E-state index in [1.54, 1.807) is 13.0 Å². The third-order valence-electron chi connectivity index (χ3n) is 2.41. The lowest BCUT2D eigenvalue weighted by Gasteiger charge is -2.01. The molecule has 1 heterocycles. The minimum absolute atomic E-state index is 0.0627. The van der Waals surface area contributed by atoms with Crippen LogP contribution in [0.2, 0.25) is 5.02 Å². The molecule has 1 aromatic heterocycles. The Kier molecular flexibility index (Phi) is 3.64. The van der Waals surface area contributed by atoms with Crippen molar-refractivity contribution in [2.45, 2.75) is 13.1 Å². The molecule has 2 aromatic rings. The molecule has 0 unspecified atom stereocenters. The molecule has 2 nitrogen and oxygen atoms in total. The Morgan fingerprint density at radius 3 is 2.58 bits per heavy atom. The predicted molar refractivity (Wildman–Crippen MR) is 66.7 cm³/mol. The van der Waals surface area contributed by atoms with Crippen molar-refractivity contribution < 1.29 is 18.0 Å². The number of thiazole rings is 1. The van der Waals surface area contributed by atoms with E-state index < -0.39 is 17.0 Å². The number of hydrogen-bond acceptors (Lipinski definition) is 3. The fourth-order valence-corrected chi connectivity index (χ4v) is 2.31. The number of aromatic nitrogens is 1. The average molecular weight is 306 g/mol. The van der Waals surface area contributed by atoms with Crippen LogP contribution in [0.15, 0.2) is 24.4 Å². The maximum absolute atomic E-state index is 12.4. The summed E-state index contributed by atoms with van der Waals surface area (Å²) in [6.07, 6.45) is -3.60. The van der Waals surface area contributed by atoms with Gasteiger partial charge in [-0.05, 0) is 18.6 Å². The number of benzene rings is 1. The van der Waals surface area contributed by atoms with Gasteiger partial charge in [0, 0.05) is 16.8 Å². The summed E-state index contributed by atoms with van der Waals surface area (Å²) >= 11 is 6.20. The normalized spacial score (nSPS) is 11.6. The maximum Gasteiger partial charge on any atom is 0.443 e. The quantitative estimate of drug-likeness (QED) is 0.772. The molecule has 0 saturated heterocycles. The van der Waals surface area contributed by atoms with Crippen LogP contribution in [-0.4, -0.2) is 10.8 Å². The van der Waals surface area contributed by atoms with Gasteiger partial charge in [-0.2, -0.15) is 13.2 Å². The first-order valence-electron chi connectivity index (χ1n) is 5.13. The van der Waals surface area contributed by atoms with E-state index in [0.29, 0.717) is 16.4 Å². The maximum atomic E-state index is 12.4. The fraction of sp³-hybridized carbons (Fsp3) is 0.167. The first kappa shape index (κ1) is 14.0. The van der Waals surface area contributed by atoms with Crippen molar-refractivity contribution in [2.75, 3.05) is 0 Å². The van der Waals surface area contributed by atoms with Crippen molar-refractivity contribution in [3.05, 3.63) is 50.4 Å². The molecule has 0 aliphatic rings. The molecule has 2 rings (SSSR count). The molecule has 0 aliphatic heterocycles. The molecule has 0 spiro atoms. The zero-order valence-electron chi connectivity index (χ0n) is 9.58. The van der Waals surface area contributed by atoms with E-state index in [9.17, 15) is 18.0 Å². The van der Waals surface area contributed by atoms with Crippen LogP contribution >= 0.6 is 22.9 Å². The van der Waals surface area contributed by atoms with Crippen LogP contribution < -0.4 is 0 Å². The first-order chi connectivity index (χ1) is 8.79. The SMILES string of the molecule is Cc1ccc(C(=O)c2cnc(C(F)(F)F)s2)cc1Cl. The van der Waals surface area contributed by atoms with Crippen molar-refractivity contribution in [2.24, 2.45) is 0 Å². The molecule has 100 valence electrons. The minimum atomic E-state index is -4.53.